The largest absolute Gasteiger partial charge is 0.341 e. The Labute approximate surface area is 131 Å². The number of nitrogens with one attached hydrogen (secondary N) is 2. The second kappa shape index (κ2) is 6.38. The van der Waals surface area contributed by atoms with E-state index in [0.717, 1.165) is 12.8 Å². The highest BCUT2D eigenvalue weighted by molar-refractivity contribution is 5.79. The average Bonchev–Trinajstić information content (AvgIpc) is 3.20. The van der Waals surface area contributed by atoms with E-state index in [2.05, 4.69) is 34.9 Å². The molecular formula is C17H23N3O2. The third-order valence-electron chi connectivity index (χ3n) is 4.64. The van der Waals surface area contributed by atoms with E-state index in [9.17, 15) is 9.59 Å². The van der Waals surface area contributed by atoms with E-state index >= 15 is 0 Å². The van der Waals surface area contributed by atoms with Gasteiger partial charge in [0, 0.05) is 26.6 Å². The zero-order chi connectivity index (χ0) is 15.5. The van der Waals surface area contributed by atoms with Gasteiger partial charge in [0.25, 0.3) is 0 Å². The molecule has 0 spiro atoms. The van der Waals surface area contributed by atoms with Gasteiger partial charge in [0.1, 0.15) is 0 Å². The predicted molar refractivity (Wildman–Crippen MR) is 84.3 cm³/mol. The molecule has 1 aromatic rings. The van der Waals surface area contributed by atoms with Crippen molar-refractivity contribution in [1.29, 1.82) is 0 Å². The summed E-state index contributed by atoms with van der Waals surface area (Å²) in [7, 11) is 1.59. The number of carbonyl (C=O) groups is 2. The van der Waals surface area contributed by atoms with Gasteiger partial charge >= 0.3 is 6.03 Å². The van der Waals surface area contributed by atoms with Gasteiger partial charge in [0.05, 0.1) is 6.04 Å². The first-order valence-electron chi connectivity index (χ1n) is 7.95. The lowest BCUT2D eigenvalue weighted by Crippen LogP contribution is -2.62. The normalized spacial score (nSPS) is 23.6. The molecule has 2 fully saturated rings. The van der Waals surface area contributed by atoms with Crippen molar-refractivity contribution in [3.05, 3.63) is 35.9 Å². The molecule has 2 atom stereocenters. The lowest BCUT2D eigenvalue weighted by atomic mass is 10.0. The topological polar surface area (TPSA) is 61.4 Å². The number of rotatable bonds is 5. The van der Waals surface area contributed by atoms with E-state index in [1.54, 1.807) is 7.05 Å². The number of benzene rings is 1. The van der Waals surface area contributed by atoms with Crippen LogP contribution < -0.4 is 10.6 Å². The average molecular weight is 301 g/mol. The van der Waals surface area contributed by atoms with Gasteiger partial charge in [-0.05, 0) is 30.2 Å². The number of amides is 3. The number of urea groups is 1. The molecule has 0 radical (unpaired) electrons. The van der Waals surface area contributed by atoms with Crippen LogP contribution in [0.15, 0.2) is 30.3 Å². The minimum Gasteiger partial charge on any atom is -0.341 e. The standard InChI is InChI=1S/C17H23N3O2/c1-18-17(22)19-15-10-20(11-15)16(21)9-14-8-13(14)7-12-5-3-2-4-6-12/h2-6,13-15H,7-11H2,1H3,(H2,18,19,22)/t13-,14+/m1/s1. The van der Waals surface area contributed by atoms with E-state index in [4.69, 9.17) is 0 Å². The quantitative estimate of drug-likeness (QED) is 0.863. The van der Waals surface area contributed by atoms with Crippen LogP contribution in [-0.2, 0) is 11.2 Å². The maximum absolute atomic E-state index is 12.2. The molecule has 3 rings (SSSR count). The Kier molecular flexibility index (Phi) is 4.32. The van der Waals surface area contributed by atoms with E-state index in [-0.39, 0.29) is 18.0 Å². The van der Waals surface area contributed by atoms with Gasteiger partial charge in [-0.3, -0.25) is 4.79 Å². The van der Waals surface area contributed by atoms with Crippen LogP contribution >= 0.6 is 0 Å². The summed E-state index contributed by atoms with van der Waals surface area (Å²) in [6.07, 6.45) is 2.90. The van der Waals surface area contributed by atoms with E-state index in [1.165, 1.54) is 5.56 Å². The summed E-state index contributed by atoms with van der Waals surface area (Å²) in [5.41, 5.74) is 1.36. The minimum atomic E-state index is -0.179. The van der Waals surface area contributed by atoms with Crippen molar-refractivity contribution in [2.24, 2.45) is 11.8 Å². The summed E-state index contributed by atoms with van der Waals surface area (Å²) < 4.78 is 0. The smallest absolute Gasteiger partial charge is 0.314 e. The van der Waals surface area contributed by atoms with Crippen molar-refractivity contribution in [1.82, 2.24) is 15.5 Å². The Hall–Kier alpha value is -2.04. The van der Waals surface area contributed by atoms with Crippen LogP contribution in [0.1, 0.15) is 18.4 Å². The van der Waals surface area contributed by atoms with Gasteiger partial charge in [-0.25, -0.2) is 4.79 Å². The fourth-order valence-corrected chi connectivity index (χ4v) is 3.11. The highest BCUT2D eigenvalue weighted by Crippen LogP contribution is 2.44. The van der Waals surface area contributed by atoms with E-state index < -0.39 is 0 Å². The fraction of sp³-hybridized carbons (Fsp3) is 0.529. The lowest BCUT2D eigenvalue weighted by Gasteiger charge is -2.39. The molecule has 1 aromatic carbocycles. The summed E-state index contributed by atoms with van der Waals surface area (Å²) in [5, 5.41) is 5.34. The van der Waals surface area contributed by atoms with Gasteiger partial charge in [0.15, 0.2) is 0 Å². The zero-order valence-corrected chi connectivity index (χ0v) is 12.9. The number of hydrogen-bond donors (Lipinski definition) is 2. The highest BCUT2D eigenvalue weighted by atomic mass is 16.2. The van der Waals surface area contributed by atoms with Crippen molar-refractivity contribution in [3.63, 3.8) is 0 Å². The third kappa shape index (κ3) is 3.59. The molecule has 5 nitrogen and oxygen atoms in total. The molecule has 118 valence electrons. The van der Waals surface area contributed by atoms with Crippen LogP contribution in [0.5, 0.6) is 0 Å². The van der Waals surface area contributed by atoms with Crippen LogP contribution in [0.2, 0.25) is 0 Å². The van der Waals surface area contributed by atoms with Crippen LogP contribution in [0, 0.1) is 11.8 Å². The molecule has 1 heterocycles. The molecular weight excluding hydrogens is 278 g/mol. The first kappa shape index (κ1) is 14.9. The molecule has 5 heteroatoms. The Balaban J connectivity index is 1.35. The fourth-order valence-electron chi connectivity index (χ4n) is 3.11. The van der Waals surface area contributed by atoms with E-state index in [0.29, 0.717) is 31.3 Å². The maximum atomic E-state index is 12.2. The predicted octanol–water partition coefficient (Wildman–Crippen LogP) is 1.40. The van der Waals surface area contributed by atoms with Gasteiger partial charge < -0.3 is 15.5 Å². The maximum Gasteiger partial charge on any atom is 0.314 e. The van der Waals surface area contributed by atoms with Gasteiger partial charge in [-0.1, -0.05) is 30.3 Å². The Morgan fingerprint density at radius 2 is 1.91 bits per heavy atom. The molecule has 22 heavy (non-hydrogen) atoms. The first-order valence-corrected chi connectivity index (χ1v) is 7.95. The lowest BCUT2D eigenvalue weighted by molar-refractivity contribution is -0.136. The second-order valence-electron chi connectivity index (χ2n) is 6.37. The number of carbonyl (C=O) groups excluding carboxylic acids is 2. The van der Waals surface area contributed by atoms with E-state index in [1.807, 2.05) is 11.0 Å². The highest BCUT2D eigenvalue weighted by Gasteiger charge is 2.41. The molecule has 1 aliphatic heterocycles. The summed E-state index contributed by atoms with van der Waals surface area (Å²) in [4.78, 5) is 25.2. The van der Waals surface area contributed by atoms with Gasteiger partial charge in [-0.2, -0.15) is 0 Å². The zero-order valence-electron chi connectivity index (χ0n) is 12.9. The SMILES string of the molecule is CNC(=O)NC1CN(C(=O)C[C@@H]2C[C@H]2Cc2ccccc2)C1. The Bertz CT molecular complexity index is 540. The van der Waals surface area contributed by atoms with Gasteiger partial charge in [0.2, 0.25) is 5.91 Å². The molecule has 1 saturated heterocycles. The van der Waals surface area contributed by atoms with Crippen molar-refractivity contribution in [3.8, 4) is 0 Å². The van der Waals surface area contributed by atoms with Crippen LogP contribution in [0.25, 0.3) is 0 Å². The Morgan fingerprint density at radius 1 is 1.18 bits per heavy atom. The molecule has 0 aromatic heterocycles. The monoisotopic (exact) mass is 301 g/mol. The van der Waals surface area contributed by atoms with Crippen LogP contribution in [-0.4, -0.2) is 43.0 Å². The Morgan fingerprint density at radius 3 is 2.59 bits per heavy atom. The summed E-state index contributed by atoms with van der Waals surface area (Å²) >= 11 is 0. The first-order chi connectivity index (χ1) is 10.7. The summed E-state index contributed by atoms with van der Waals surface area (Å²) in [5.74, 6) is 1.43. The molecule has 0 bridgehead atoms. The van der Waals surface area contributed by atoms with Crippen LogP contribution in [0.4, 0.5) is 4.79 Å². The molecule has 2 aliphatic rings. The molecule has 1 aliphatic carbocycles. The molecule has 3 amide bonds. The third-order valence-corrected chi connectivity index (χ3v) is 4.64. The minimum absolute atomic E-state index is 0.100. The van der Waals surface area contributed by atoms with Gasteiger partial charge in [-0.15, -0.1) is 0 Å². The summed E-state index contributed by atoms with van der Waals surface area (Å²) in [6.45, 7) is 1.28. The van der Waals surface area contributed by atoms with Crippen molar-refractivity contribution >= 4 is 11.9 Å². The number of hydrogen-bond acceptors (Lipinski definition) is 2. The molecule has 2 N–H and O–H groups in total. The molecule has 0 unspecified atom stereocenters. The second-order valence-corrected chi connectivity index (χ2v) is 6.37. The van der Waals surface area contributed by atoms with Crippen LogP contribution in [0.3, 0.4) is 0 Å². The summed E-state index contributed by atoms with van der Waals surface area (Å²) in [6, 6.07) is 10.4. The number of nitrogens with zero attached hydrogens (tertiary/aromatic N) is 1. The molecule has 1 saturated carbocycles. The van der Waals surface area contributed by atoms with Crippen molar-refractivity contribution < 1.29 is 9.59 Å². The number of likely N-dealkylation sites (tertiary alicyclic amines) is 1. The van der Waals surface area contributed by atoms with Crippen molar-refractivity contribution in [2.75, 3.05) is 20.1 Å². The van der Waals surface area contributed by atoms with Crippen molar-refractivity contribution in [2.45, 2.75) is 25.3 Å².